The van der Waals surface area contributed by atoms with Crippen molar-refractivity contribution in [3.8, 4) is 0 Å². The molecule has 0 saturated carbocycles. The monoisotopic (exact) mass is 314 g/mol. The van der Waals surface area contributed by atoms with Crippen molar-refractivity contribution in [1.29, 1.82) is 0 Å². The third kappa shape index (κ3) is 2.58. The van der Waals surface area contributed by atoms with E-state index in [0.717, 1.165) is 9.35 Å². The second-order valence-corrected chi connectivity index (χ2v) is 5.44. The number of rotatable bonds is 3. The number of hydrogen-bond donors (Lipinski definition) is 1. The largest absolute Gasteiger partial charge is 0.328 e. The number of H-pyrrole nitrogens is 1. The van der Waals surface area contributed by atoms with Crippen LogP contribution >= 0.6 is 27.3 Å². The lowest BCUT2D eigenvalue weighted by molar-refractivity contribution is 0.713. The van der Waals surface area contributed by atoms with Gasteiger partial charge in [0.15, 0.2) is 0 Å². The molecule has 0 aliphatic rings. The third-order valence-corrected chi connectivity index (χ3v) is 4.38. The summed E-state index contributed by atoms with van der Waals surface area (Å²) in [6.45, 7) is 2.36. The molecule has 0 aliphatic carbocycles. The van der Waals surface area contributed by atoms with Gasteiger partial charge in [0.2, 0.25) is 0 Å². The summed E-state index contributed by atoms with van der Waals surface area (Å²) in [7, 11) is 0. The number of thiophene rings is 1. The van der Waals surface area contributed by atoms with Gasteiger partial charge in [0.05, 0.1) is 6.54 Å². The number of nitrogens with one attached hydrogen (secondary N) is 1. The summed E-state index contributed by atoms with van der Waals surface area (Å²) < 4.78 is 2.51. The Labute approximate surface area is 110 Å². The quantitative estimate of drug-likeness (QED) is 0.941. The smallest absolute Gasteiger partial charge is 0.295 e. The first kappa shape index (κ1) is 12.3. The molecule has 2 heterocycles. The molecule has 90 valence electrons. The molecule has 0 radical (unpaired) electrons. The van der Waals surface area contributed by atoms with Gasteiger partial charge in [0.1, 0.15) is 0 Å². The Kier molecular flexibility index (Phi) is 3.63. The van der Waals surface area contributed by atoms with E-state index >= 15 is 0 Å². The molecule has 0 unspecified atom stereocenters. The summed E-state index contributed by atoms with van der Waals surface area (Å²) in [6.07, 6.45) is 2.24. The first-order valence-electron chi connectivity index (χ1n) is 5.16. The van der Waals surface area contributed by atoms with Crippen LogP contribution in [0, 0.1) is 0 Å². The van der Waals surface area contributed by atoms with Gasteiger partial charge in [-0.2, -0.15) is 0 Å². The molecule has 6 heteroatoms. The van der Waals surface area contributed by atoms with Crippen molar-refractivity contribution in [2.24, 2.45) is 0 Å². The molecule has 0 spiro atoms. The lowest BCUT2D eigenvalue weighted by Crippen LogP contribution is -2.31. The number of nitrogens with zero attached hydrogens (tertiary/aromatic N) is 1. The number of aryl methyl sites for hydroxylation is 1. The van der Waals surface area contributed by atoms with E-state index in [0.29, 0.717) is 18.5 Å². The van der Waals surface area contributed by atoms with Crippen molar-refractivity contribution in [2.45, 2.75) is 19.9 Å². The maximum absolute atomic E-state index is 11.6. The summed E-state index contributed by atoms with van der Waals surface area (Å²) in [4.78, 5) is 26.4. The van der Waals surface area contributed by atoms with Crippen LogP contribution in [-0.4, -0.2) is 9.55 Å². The fraction of sp³-hybridized carbons (Fsp3) is 0.273. The molecule has 0 saturated heterocycles. The van der Waals surface area contributed by atoms with E-state index in [4.69, 9.17) is 0 Å². The fourth-order valence-corrected chi connectivity index (χ4v) is 2.99. The van der Waals surface area contributed by atoms with Gasteiger partial charge in [-0.25, -0.2) is 4.79 Å². The van der Waals surface area contributed by atoms with Crippen LogP contribution in [-0.2, 0) is 13.0 Å². The molecule has 0 fully saturated rings. The van der Waals surface area contributed by atoms with Crippen LogP contribution in [0.4, 0.5) is 0 Å². The Balaban J connectivity index is 2.43. The molecule has 2 rings (SSSR count). The van der Waals surface area contributed by atoms with E-state index in [1.165, 1.54) is 4.57 Å². The zero-order valence-corrected chi connectivity index (χ0v) is 11.6. The maximum Gasteiger partial charge on any atom is 0.328 e. The average Bonchev–Trinajstić information content (AvgIpc) is 2.68. The molecule has 17 heavy (non-hydrogen) atoms. The first-order chi connectivity index (χ1) is 8.11. The minimum absolute atomic E-state index is 0.293. The Morgan fingerprint density at radius 1 is 1.47 bits per heavy atom. The molecule has 2 aromatic heterocycles. The predicted molar refractivity (Wildman–Crippen MR) is 71.8 cm³/mol. The van der Waals surface area contributed by atoms with Gasteiger partial charge in [-0.3, -0.25) is 14.3 Å². The van der Waals surface area contributed by atoms with Gasteiger partial charge in [-0.05, 0) is 33.8 Å². The summed E-state index contributed by atoms with van der Waals surface area (Å²) in [5, 5.41) is 1.96. The molecule has 0 aliphatic heterocycles. The van der Waals surface area contributed by atoms with Crippen molar-refractivity contribution < 1.29 is 0 Å². The number of hydrogen-bond acceptors (Lipinski definition) is 3. The van der Waals surface area contributed by atoms with Crippen molar-refractivity contribution in [3.05, 3.63) is 53.4 Å². The standard InChI is InChI=1S/C11H11BrN2O2S/c1-2-7-5-14(11(16)13-10(7)15)6-9-8(12)3-4-17-9/h3-5H,2,6H2,1H3,(H,13,15,16). The minimum Gasteiger partial charge on any atom is -0.295 e. The highest BCUT2D eigenvalue weighted by Gasteiger charge is 2.06. The highest BCUT2D eigenvalue weighted by atomic mass is 79.9. The summed E-state index contributed by atoms with van der Waals surface area (Å²) >= 11 is 4.99. The first-order valence-corrected chi connectivity index (χ1v) is 6.83. The molecule has 0 bridgehead atoms. The van der Waals surface area contributed by atoms with E-state index < -0.39 is 0 Å². The summed E-state index contributed by atoms with van der Waals surface area (Å²) in [5.74, 6) is 0. The van der Waals surface area contributed by atoms with Crippen LogP contribution in [0.15, 0.2) is 31.7 Å². The molecule has 1 N–H and O–H groups in total. The SMILES string of the molecule is CCc1cn(Cc2sccc2Br)c(=O)[nH]c1=O. The predicted octanol–water partition coefficient (Wildman–Crippen LogP) is 1.97. The molecule has 0 atom stereocenters. The van der Waals surface area contributed by atoms with Gasteiger partial charge >= 0.3 is 5.69 Å². The highest BCUT2D eigenvalue weighted by molar-refractivity contribution is 9.10. The van der Waals surface area contributed by atoms with E-state index in [1.807, 2.05) is 18.4 Å². The molecule has 4 nitrogen and oxygen atoms in total. The third-order valence-electron chi connectivity index (χ3n) is 2.47. The Morgan fingerprint density at radius 2 is 2.24 bits per heavy atom. The van der Waals surface area contributed by atoms with Gasteiger partial charge in [-0.1, -0.05) is 6.92 Å². The maximum atomic E-state index is 11.6. The van der Waals surface area contributed by atoms with Gasteiger partial charge in [0, 0.05) is 21.1 Å². The van der Waals surface area contributed by atoms with Crippen LogP contribution < -0.4 is 11.2 Å². The second kappa shape index (κ2) is 5.01. The van der Waals surface area contributed by atoms with E-state index in [2.05, 4.69) is 20.9 Å². The van der Waals surface area contributed by atoms with Crippen LogP contribution in [0.5, 0.6) is 0 Å². The van der Waals surface area contributed by atoms with Gasteiger partial charge in [-0.15, -0.1) is 11.3 Å². The van der Waals surface area contributed by atoms with E-state index in [-0.39, 0.29) is 11.2 Å². The lowest BCUT2D eigenvalue weighted by Gasteiger charge is -2.05. The zero-order chi connectivity index (χ0) is 12.4. The highest BCUT2D eigenvalue weighted by Crippen LogP contribution is 2.22. The summed E-state index contributed by atoms with van der Waals surface area (Å²) in [5.41, 5.74) is -0.0382. The Hall–Kier alpha value is -1.14. The van der Waals surface area contributed by atoms with Gasteiger partial charge in [0.25, 0.3) is 5.56 Å². The zero-order valence-electron chi connectivity index (χ0n) is 9.20. The lowest BCUT2D eigenvalue weighted by atomic mass is 10.2. The number of aromatic nitrogens is 2. The molecule has 0 aromatic carbocycles. The van der Waals surface area contributed by atoms with E-state index in [1.54, 1.807) is 17.5 Å². The molecular formula is C11H11BrN2O2S. The van der Waals surface area contributed by atoms with Crippen LogP contribution in [0.3, 0.4) is 0 Å². The van der Waals surface area contributed by atoms with Gasteiger partial charge < -0.3 is 0 Å². The van der Waals surface area contributed by atoms with E-state index in [9.17, 15) is 9.59 Å². The second-order valence-electron chi connectivity index (χ2n) is 3.59. The normalized spacial score (nSPS) is 10.7. The minimum atomic E-state index is -0.368. The summed E-state index contributed by atoms with van der Waals surface area (Å²) in [6, 6.07) is 1.94. The molecule has 2 aromatic rings. The Bertz CT molecular complexity index is 641. The van der Waals surface area contributed by atoms with Crippen molar-refractivity contribution in [1.82, 2.24) is 9.55 Å². The van der Waals surface area contributed by atoms with Crippen LogP contribution in [0.1, 0.15) is 17.4 Å². The van der Waals surface area contributed by atoms with Crippen LogP contribution in [0.2, 0.25) is 0 Å². The number of halogens is 1. The van der Waals surface area contributed by atoms with Crippen molar-refractivity contribution in [3.63, 3.8) is 0 Å². The van der Waals surface area contributed by atoms with Crippen molar-refractivity contribution in [2.75, 3.05) is 0 Å². The fourth-order valence-electron chi connectivity index (χ4n) is 1.52. The van der Waals surface area contributed by atoms with Crippen LogP contribution in [0.25, 0.3) is 0 Å². The van der Waals surface area contributed by atoms with Crippen molar-refractivity contribution >= 4 is 27.3 Å². The molecular weight excluding hydrogens is 304 g/mol. The average molecular weight is 315 g/mol. The molecule has 0 amide bonds. The Morgan fingerprint density at radius 3 is 2.82 bits per heavy atom. The topological polar surface area (TPSA) is 54.9 Å². The number of aromatic amines is 1.